The summed E-state index contributed by atoms with van der Waals surface area (Å²) < 4.78 is 33.2. The zero-order valence-electron chi connectivity index (χ0n) is 54.4. The van der Waals surface area contributed by atoms with Gasteiger partial charge in [0.15, 0.2) is 6.10 Å². The molecule has 484 valence electrons. The van der Waals surface area contributed by atoms with Gasteiger partial charge in [0.25, 0.3) is 0 Å². The van der Waals surface area contributed by atoms with Gasteiger partial charge in [0.05, 0.1) is 13.2 Å². The summed E-state index contributed by atoms with van der Waals surface area (Å²) in [5, 5.41) is 0. The summed E-state index contributed by atoms with van der Waals surface area (Å²) in [6, 6.07) is 0. The first-order chi connectivity index (χ1) is 40.8. The van der Waals surface area contributed by atoms with E-state index in [0.717, 1.165) is 77.0 Å². The number of carbonyl (C=O) groups is 2. The number of allylic oxidation sites excluding steroid dienone is 12. The SMILES string of the molecule is CC/C=C\C/C=C\C/C=C\C/C=C\C/C=C\C/C=C\CCCCCCCCCCCCCCCCCCC(=O)OC(COC(=O)CCCCCCCCCCCCCCCCCCCCCCCCCCCCC)COP(=O)(O)OCCN. The van der Waals surface area contributed by atoms with Crippen molar-refractivity contribution >= 4 is 19.8 Å². The van der Waals surface area contributed by atoms with Crippen molar-refractivity contribution in [3.63, 3.8) is 0 Å². The third-order valence-electron chi connectivity index (χ3n) is 15.6. The van der Waals surface area contributed by atoms with Crippen molar-refractivity contribution in [1.82, 2.24) is 0 Å². The van der Waals surface area contributed by atoms with E-state index in [1.807, 2.05) is 0 Å². The predicted octanol–water partition coefficient (Wildman–Crippen LogP) is 23.2. The number of ether oxygens (including phenoxy) is 2. The van der Waals surface area contributed by atoms with Crippen molar-refractivity contribution in [3.05, 3.63) is 72.9 Å². The number of esters is 2. The maximum absolute atomic E-state index is 12.8. The highest BCUT2D eigenvalue weighted by molar-refractivity contribution is 7.47. The van der Waals surface area contributed by atoms with Gasteiger partial charge in [0, 0.05) is 19.4 Å². The van der Waals surface area contributed by atoms with E-state index >= 15 is 0 Å². The fourth-order valence-corrected chi connectivity index (χ4v) is 11.2. The van der Waals surface area contributed by atoms with E-state index in [1.165, 1.54) is 238 Å². The van der Waals surface area contributed by atoms with Gasteiger partial charge in [0.2, 0.25) is 0 Å². The second-order valence-electron chi connectivity index (χ2n) is 23.7. The number of phosphoric ester groups is 1. The molecule has 0 aliphatic rings. The molecule has 0 spiro atoms. The van der Waals surface area contributed by atoms with Crippen molar-refractivity contribution in [2.24, 2.45) is 5.73 Å². The Balaban J connectivity index is 3.84. The largest absolute Gasteiger partial charge is 0.472 e. The first kappa shape index (κ1) is 80.5. The van der Waals surface area contributed by atoms with Gasteiger partial charge in [-0.15, -0.1) is 0 Å². The van der Waals surface area contributed by atoms with Gasteiger partial charge in [-0.1, -0.05) is 344 Å². The Labute approximate surface area is 513 Å². The minimum absolute atomic E-state index is 0.0540. The molecule has 2 atom stereocenters. The summed E-state index contributed by atoms with van der Waals surface area (Å²) in [7, 11) is -4.39. The second kappa shape index (κ2) is 68.6. The van der Waals surface area contributed by atoms with Crippen LogP contribution in [-0.2, 0) is 32.7 Å². The standard InChI is InChI=1S/C73H134NO8P/c1-3-5-7-9-11-13-15-17-19-21-23-25-27-29-31-32-33-34-35-36-37-38-40-42-44-46-48-50-52-54-56-58-60-62-64-66-73(76)82-71(70-81-83(77,78)80-68-67-74)69-79-72(75)65-63-61-59-57-55-53-51-49-47-45-43-41-39-30-28-26-24-22-20-18-16-14-12-10-8-6-4-2/h5,7,11,13,17,19,23,25,29,31,33-34,71H,3-4,6,8-10,12,14-16,18,20-22,24,26-28,30,32,35-70,74H2,1-2H3,(H,77,78)/b7-5-,13-11-,19-17-,25-23-,31-29-,34-33-. The molecule has 9 nitrogen and oxygen atoms in total. The number of nitrogens with two attached hydrogens (primary N) is 1. The summed E-state index contributed by atoms with van der Waals surface area (Å²) in [6.07, 6.45) is 90.0. The Morgan fingerprint density at radius 1 is 0.373 bits per heavy atom. The number of rotatable bonds is 67. The number of hydrogen-bond donors (Lipinski definition) is 2. The molecule has 0 aromatic carbocycles. The van der Waals surface area contributed by atoms with Gasteiger partial charge >= 0.3 is 19.8 Å². The van der Waals surface area contributed by atoms with Crippen LogP contribution in [0.4, 0.5) is 0 Å². The molecule has 3 N–H and O–H groups in total. The normalized spacial score (nSPS) is 13.3. The van der Waals surface area contributed by atoms with E-state index in [2.05, 4.69) is 86.8 Å². The summed E-state index contributed by atoms with van der Waals surface area (Å²) in [5.41, 5.74) is 5.40. The van der Waals surface area contributed by atoms with Crippen LogP contribution < -0.4 is 5.73 Å². The van der Waals surface area contributed by atoms with Crippen molar-refractivity contribution in [3.8, 4) is 0 Å². The molecular weight excluding hydrogens is 1050 g/mol. The van der Waals surface area contributed by atoms with Gasteiger partial charge in [-0.2, -0.15) is 0 Å². The fraction of sp³-hybridized carbons (Fsp3) is 0.808. The molecule has 0 aliphatic carbocycles. The molecular formula is C73H134NO8P. The van der Waals surface area contributed by atoms with Crippen LogP contribution in [0.15, 0.2) is 72.9 Å². The highest BCUT2D eigenvalue weighted by atomic mass is 31.2. The Hall–Kier alpha value is -2.55. The van der Waals surface area contributed by atoms with Crippen LogP contribution in [0.1, 0.15) is 348 Å². The van der Waals surface area contributed by atoms with Crippen LogP contribution in [0.3, 0.4) is 0 Å². The van der Waals surface area contributed by atoms with Crippen LogP contribution in [0, 0.1) is 0 Å². The van der Waals surface area contributed by atoms with Gasteiger partial charge in [-0.25, -0.2) is 4.57 Å². The number of unbranched alkanes of at least 4 members (excludes halogenated alkanes) is 42. The maximum Gasteiger partial charge on any atom is 0.472 e. The summed E-state index contributed by atoms with van der Waals surface area (Å²) in [4.78, 5) is 35.4. The van der Waals surface area contributed by atoms with Crippen LogP contribution in [-0.4, -0.2) is 49.3 Å². The zero-order valence-corrected chi connectivity index (χ0v) is 55.3. The van der Waals surface area contributed by atoms with Crippen molar-refractivity contribution in [2.75, 3.05) is 26.4 Å². The lowest BCUT2D eigenvalue weighted by Crippen LogP contribution is -2.29. The van der Waals surface area contributed by atoms with E-state index in [9.17, 15) is 19.0 Å². The van der Waals surface area contributed by atoms with Crippen molar-refractivity contribution in [2.45, 2.75) is 354 Å². The monoisotopic (exact) mass is 1180 g/mol. The second-order valence-corrected chi connectivity index (χ2v) is 25.2. The minimum Gasteiger partial charge on any atom is -0.462 e. The molecule has 0 bridgehead atoms. The summed E-state index contributed by atoms with van der Waals surface area (Å²) in [6.45, 7) is 3.69. The first-order valence-electron chi connectivity index (χ1n) is 35.4. The maximum atomic E-state index is 12.8. The Morgan fingerprint density at radius 2 is 0.663 bits per heavy atom. The molecule has 83 heavy (non-hydrogen) atoms. The molecule has 0 fully saturated rings. The van der Waals surface area contributed by atoms with Gasteiger partial charge < -0.3 is 20.1 Å². The van der Waals surface area contributed by atoms with Crippen molar-refractivity contribution < 1.29 is 37.6 Å². The molecule has 0 amide bonds. The van der Waals surface area contributed by atoms with E-state index < -0.39 is 26.5 Å². The molecule has 2 unspecified atom stereocenters. The fourth-order valence-electron chi connectivity index (χ4n) is 10.4. The number of hydrogen-bond acceptors (Lipinski definition) is 8. The predicted molar refractivity (Wildman–Crippen MR) is 358 cm³/mol. The van der Waals surface area contributed by atoms with E-state index in [0.29, 0.717) is 6.42 Å². The van der Waals surface area contributed by atoms with E-state index in [-0.39, 0.29) is 38.6 Å². The summed E-state index contributed by atoms with van der Waals surface area (Å²) in [5.74, 6) is -0.810. The van der Waals surface area contributed by atoms with Gasteiger partial charge in [-0.3, -0.25) is 18.6 Å². The zero-order chi connectivity index (χ0) is 60.1. The molecule has 0 saturated carbocycles. The minimum atomic E-state index is -4.39. The average molecular weight is 1180 g/mol. The first-order valence-corrected chi connectivity index (χ1v) is 36.9. The molecule has 0 radical (unpaired) electrons. The van der Waals surface area contributed by atoms with Crippen molar-refractivity contribution in [1.29, 1.82) is 0 Å². The highest BCUT2D eigenvalue weighted by Gasteiger charge is 2.26. The molecule has 0 saturated heterocycles. The van der Waals surface area contributed by atoms with Crippen LogP contribution in [0.5, 0.6) is 0 Å². The topological polar surface area (TPSA) is 134 Å². The highest BCUT2D eigenvalue weighted by Crippen LogP contribution is 2.43. The third-order valence-corrected chi connectivity index (χ3v) is 16.6. The molecule has 0 heterocycles. The lowest BCUT2D eigenvalue weighted by molar-refractivity contribution is -0.161. The third kappa shape index (κ3) is 68.4. The van der Waals surface area contributed by atoms with Crippen LogP contribution in [0.2, 0.25) is 0 Å². The Bertz CT molecular complexity index is 1590. The van der Waals surface area contributed by atoms with E-state index in [1.54, 1.807) is 0 Å². The molecule has 0 aromatic heterocycles. The van der Waals surface area contributed by atoms with Gasteiger partial charge in [0.1, 0.15) is 6.61 Å². The lowest BCUT2D eigenvalue weighted by Gasteiger charge is -2.19. The molecule has 10 heteroatoms. The van der Waals surface area contributed by atoms with Crippen LogP contribution in [0.25, 0.3) is 0 Å². The van der Waals surface area contributed by atoms with Gasteiger partial charge in [-0.05, 0) is 64.2 Å². The Morgan fingerprint density at radius 3 is 0.988 bits per heavy atom. The smallest absolute Gasteiger partial charge is 0.462 e. The van der Waals surface area contributed by atoms with Crippen LogP contribution >= 0.6 is 7.82 Å². The molecule has 0 aliphatic heterocycles. The average Bonchev–Trinajstić information content (AvgIpc) is 3.48. The lowest BCUT2D eigenvalue weighted by atomic mass is 10.0. The Kier molecular flexibility index (Phi) is 66.5. The number of phosphoric acid groups is 1. The number of carbonyl (C=O) groups excluding carboxylic acids is 2. The summed E-state index contributed by atoms with van der Waals surface area (Å²) >= 11 is 0. The quantitative estimate of drug-likeness (QED) is 0.0264. The van der Waals surface area contributed by atoms with E-state index in [4.69, 9.17) is 24.3 Å². The molecule has 0 aromatic rings. The molecule has 0 rings (SSSR count).